The second kappa shape index (κ2) is 13.8. The molecule has 4 atom stereocenters. The van der Waals surface area contributed by atoms with Gasteiger partial charge in [0, 0.05) is 38.0 Å². The minimum absolute atomic E-state index is 0.137. The summed E-state index contributed by atoms with van der Waals surface area (Å²) in [6, 6.07) is 21.7. The van der Waals surface area contributed by atoms with Crippen LogP contribution in [0.25, 0.3) is 10.8 Å². The summed E-state index contributed by atoms with van der Waals surface area (Å²) >= 11 is 0. The quantitative estimate of drug-likeness (QED) is 0.442. The summed E-state index contributed by atoms with van der Waals surface area (Å²) in [5, 5.41) is 5.55. The third kappa shape index (κ3) is 7.61. The van der Waals surface area contributed by atoms with Gasteiger partial charge >= 0.3 is 5.91 Å². The van der Waals surface area contributed by atoms with Crippen molar-refractivity contribution >= 4 is 28.5 Å². The van der Waals surface area contributed by atoms with Crippen molar-refractivity contribution in [3.8, 4) is 23.7 Å². The minimum atomic E-state index is -1.10. The molecule has 7 heteroatoms. The number of nitrogens with zero attached hydrogens (tertiary/aromatic N) is 2. The van der Waals surface area contributed by atoms with Crippen LogP contribution in [-0.4, -0.2) is 66.3 Å². The van der Waals surface area contributed by atoms with Crippen molar-refractivity contribution in [1.82, 2.24) is 15.1 Å². The Kier molecular flexibility index (Phi) is 9.92. The highest BCUT2D eigenvalue weighted by Gasteiger charge is 2.37. The lowest BCUT2D eigenvalue weighted by Crippen LogP contribution is -2.67. The fourth-order valence-corrected chi connectivity index (χ4v) is 5.22. The van der Waals surface area contributed by atoms with Gasteiger partial charge in [-0.3, -0.25) is 15.3 Å². The van der Waals surface area contributed by atoms with E-state index in [1.807, 2.05) is 79.7 Å². The molecule has 2 unspecified atom stereocenters. The van der Waals surface area contributed by atoms with Crippen molar-refractivity contribution in [3.63, 3.8) is 0 Å². The van der Waals surface area contributed by atoms with Crippen LogP contribution < -0.4 is 11.1 Å². The average molecular weight is 550 g/mol. The number of quaternary nitrogens is 1. The molecule has 0 radical (unpaired) electrons. The first kappa shape index (κ1) is 29.6. The Labute approximate surface area is 242 Å². The summed E-state index contributed by atoms with van der Waals surface area (Å²) in [6.07, 6.45) is 1.69. The number of likely N-dealkylation sites (N-methyl/N-ethyl adjacent to an activating group) is 2. The fourth-order valence-electron chi connectivity index (χ4n) is 5.22. The van der Waals surface area contributed by atoms with E-state index in [1.54, 1.807) is 14.1 Å². The number of hydrogen-bond donors (Lipinski definition) is 2. The van der Waals surface area contributed by atoms with E-state index in [0.29, 0.717) is 19.3 Å². The van der Waals surface area contributed by atoms with Crippen molar-refractivity contribution < 1.29 is 20.1 Å². The van der Waals surface area contributed by atoms with Crippen molar-refractivity contribution in [2.75, 3.05) is 20.6 Å². The van der Waals surface area contributed by atoms with E-state index in [0.717, 1.165) is 28.4 Å². The fraction of sp³-hybridized carbons (Fsp3) is 0.324. The third-order valence-electron chi connectivity index (χ3n) is 7.63. The molecule has 1 fully saturated rings. The molecule has 0 aromatic heterocycles. The van der Waals surface area contributed by atoms with E-state index >= 15 is 0 Å². The number of nitrogens with one attached hydrogen (secondary N) is 1. The minimum Gasteiger partial charge on any atom is -0.327 e. The number of piperidine rings is 1. The molecule has 0 saturated carbocycles. The maximum atomic E-state index is 13.9. The van der Waals surface area contributed by atoms with Gasteiger partial charge in [0.05, 0.1) is 0 Å². The molecule has 3 aromatic rings. The predicted molar refractivity (Wildman–Crippen MR) is 160 cm³/mol. The van der Waals surface area contributed by atoms with Crippen molar-refractivity contribution in [2.45, 2.75) is 44.3 Å². The van der Waals surface area contributed by atoms with Crippen molar-refractivity contribution in [2.24, 2.45) is 5.92 Å². The van der Waals surface area contributed by atoms with E-state index < -0.39 is 18.0 Å². The van der Waals surface area contributed by atoms with Gasteiger partial charge in [-0.05, 0) is 66.6 Å². The Morgan fingerprint density at radius 2 is 1.66 bits per heavy atom. The third-order valence-corrected chi connectivity index (χ3v) is 7.63. The molecule has 0 spiro atoms. The first-order valence-corrected chi connectivity index (χ1v) is 13.9. The molecule has 4 N–H and O–H groups in total. The van der Waals surface area contributed by atoms with Gasteiger partial charge in [0.1, 0.15) is 0 Å². The lowest BCUT2D eigenvalue weighted by molar-refractivity contribution is -0.311. The molecule has 1 aliphatic rings. The first-order chi connectivity index (χ1) is 19.7. The van der Waals surface area contributed by atoms with Crippen LogP contribution in [0.1, 0.15) is 30.9 Å². The Balaban J connectivity index is 1.61. The van der Waals surface area contributed by atoms with Gasteiger partial charge in [0.25, 0.3) is 5.91 Å². The van der Waals surface area contributed by atoms with Gasteiger partial charge in [-0.2, -0.15) is 0 Å². The zero-order valence-corrected chi connectivity index (χ0v) is 23.9. The molecular weight excluding hydrogens is 512 g/mol. The van der Waals surface area contributed by atoms with Crippen LogP contribution in [0, 0.1) is 29.6 Å². The Bertz CT molecular complexity index is 1530. The topological polar surface area (TPSA) is 97.4 Å². The lowest BCUT2D eigenvalue weighted by Gasteiger charge is -2.34. The molecule has 7 nitrogen and oxygen atoms in total. The Hall–Kier alpha value is -4.43. The van der Waals surface area contributed by atoms with Crippen LogP contribution in [0.2, 0.25) is 0 Å². The normalized spacial score (nSPS) is 17.7. The number of carbonyl (C=O) groups is 3. The number of carbonyl (C=O) groups excluding carboxylic acids is 3. The van der Waals surface area contributed by atoms with E-state index in [9.17, 15) is 14.4 Å². The Morgan fingerprint density at radius 3 is 2.37 bits per heavy atom. The highest BCUT2D eigenvalue weighted by atomic mass is 16.2. The molecule has 0 bridgehead atoms. The summed E-state index contributed by atoms with van der Waals surface area (Å²) in [5.74, 6) is 10.5. The summed E-state index contributed by atoms with van der Waals surface area (Å²) in [5.41, 5.74) is 5.32. The second-order valence-electron chi connectivity index (χ2n) is 10.6. The van der Waals surface area contributed by atoms with Crippen LogP contribution in [0.3, 0.4) is 0 Å². The van der Waals surface area contributed by atoms with Gasteiger partial charge < -0.3 is 15.1 Å². The highest BCUT2D eigenvalue weighted by molar-refractivity contribution is 5.93. The smallest absolute Gasteiger partial charge is 0.327 e. The van der Waals surface area contributed by atoms with E-state index in [2.05, 4.69) is 34.7 Å². The maximum Gasteiger partial charge on any atom is 0.331 e. The monoisotopic (exact) mass is 549 g/mol. The lowest BCUT2D eigenvalue weighted by atomic mass is 9.91. The standard InChI is InChI=1S/C34H36N4O3/c1-24-21-29(19-20-36-24)33(40)37(2)30(16-10-7-13-26-17-18-27-14-8-9-15-28(27)22-26)34(41)38(3)31(32(35)39)23-25-11-5-4-6-12-25/h4-6,8-9,11-12,14-15,17-18,22,24,29-31,36H,19-21,23H2,1-3H3,(H2,35,39)/p+1/t24?,29?,30-,31-/m1/s1. The molecular formula is C34H37N4O3+. The van der Waals surface area contributed by atoms with Crippen LogP contribution in [-0.2, 0) is 20.8 Å². The zero-order chi connectivity index (χ0) is 29.4. The summed E-state index contributed by atoms with van der Waals surface area (Å²) in [4.78, 5) is 42.7. The van der Waals surface area contributed by atoms with E-state index in [-0.39, 0.29) is 23.8 Å². The summed E-state index contributed by atoms with van der Waals surface area (Å²) in [6.45, 7) is 2.79. The molecule has 1 saturated heterocycles. The number of benzene rings is 3. The number of hydrogen-bond acceptors (Lipinski definition) is 4. The van der Waals surface area contributed by atoms with Crippen LogP contribution in [0.5, 0.6) is 0 Å². The van der Waals surface area contributed by atoms with Gasteiger partial charge in [0.2, 0.25) is 5.91 Å². The van der Waals surface area contributed by atoms with Gasteiger partial charge in [-0.25, -0.2) is 4.79 Å². The van der Waals surface area contributed by atoms with Crippen LogP contribution in [0.15, 0.2) is 72.8 Å². The molecule has 0 aliphatic carbocycles. The molecule has 210 valence electrons. The summed E-state index contributed by atoms with van der Waals surface area (Å²) in [7, 11) is 3.18. The summed E-state index contributed by atoms with van der Waals surface area (Å²) < 4.78 is 0. The maximum absolute atomic E-state index is 13.9. The zero-order valence-electron chi connectivity index (χ0n) is 23.9. The second-order valence-corrected chi connectivity index (χ2v) is 10.6. The molecule has 3 amide bonds. The first-order valence-electron chi connectivity index (χ1n) is 13.9. The number of amides is 3. The SMILES string of the molecule is CC1CC(C(=O)N(C)[C@H](C#CC#Cc2ccc3ccccc3c2)C(=O)N(C)[C@H](Cc2ccccc2)C([NH3+])=O)CCN1. The Morgan fingerprint density at radius 1 is 0.951 bits per heavy atom. The van der Waals surface area contributed by atoms with Gasteiger partial charge in [-0.1, -0.05) is 72.5 Å². The van der Waals surface area contributed by atoms with Gasteiger partial charge in [0.15, 0.2) is 12.1 Å². The number of fused-ring (bicyclic) bond motifs is 1. The number of rotatable bonds is 7. The molecule has 4 rings (SSSR count). The van der Waals surface area contributed by atoms with Crippen molar-refractivity contribution in [3.05, 3.63) is 83.9 Å². The molecule has 1 aliphatic heterocycles. The van der Waals surface area contributed by atoms with E-state index in [4.69, 9.17) is 0 Å². The largest absolute Gasteiger partial charge is 0.331 e. The van der Waals surface area contributed by atoms with Crippen molar-refractivity contribution in [1.29, 1.82) is 0 Å². The average Bonchev–Trinajstić information content (AvgIpc) is 2.99. The van der Waals surface area contributed by atoms with Crippen LogP contribution >= 0.6 is 0 Å². The predicted octanol–water partition coefficient (Wildman–Crippen LogP) is 2.25. The van der Waals surface area contributed by atoms with E-state index in [1.165, 1.54) is 9.80 Å². The molecule has 41 heavy (non-hydrogen) atoms. The van der Waals surface area contributed by atoms with Gasteiger partial charge in [-0.15, -0.1) is 0 Å². The molecule has 3 aromatic carbocycles. The molecule has 1 heterocycles. The highest BCUT2D eigenvalue weighted by Crippen LogP contribution is 2.20. The van der Waals surface area contributed by atoms with Crippen LogP contribution in [0.4, 0.5) is 0 Å².